The topological polar surface area (TPSA) is 60.9 Å². The standard InChI is InChI=1S/C26H39ClN2O3S/c1-25(2,3)18-14-17(15-19(22(18)31)26(4,5)6)24-29(13-9-10-27)23(32)20(33-24)16-21(30)28-11-7-8-12-28/h14-15,20,24,31H,7-13,16H2,1-6H3. The average molecular weight is 495 g/mol. The van der Waals surface area contributed by atoms with Crippen molar-refractivity contribution in [3.8, 4) is 5.75 Å². The zero-order valence-electron chi connectivity index (χ0n) is 20.9. The Morgan fingerprint density at radius 3 is 2.12 bits per heavy atom. The van der Waals surface area contributed by atoms with Gasteiger partial charge in [-0.1, -0.05) is 41.5 Å². The molecule has 0 spiro atoms. The first-order valence-electron chi connectivity index (χ1n) is 12.0. The van der Waals surface area contributed by atoms with E-state index in [4.69, 9.17) is 11.6 Å². The molecular formula is C26H39ClN2O3S. The van der Waals surface area contributed by atoms with Gasteiger partial charge in [0.1, 0.15) is 11.1 Å². The summed E-state index contributed by atoms with van der Waals surface area (Å²) in [6.07, 6.45) is 3.03. The maximum atomic E-state index is 13.4. The Kier molecular flexibility index (Phi) is 8.00. The van der Waals surface area contributed by atoms with Crippen molar-refractivity contribution in [3.63, 3.8) is 0 Å². The molecule has 0 radical (unpaired) electrons. The van der Waals surface area contributed by atoms with Crippen LogP contribution in [-0.2, 0) is 20.4 Å². The van der Waals surface area contributed by atoms with E-state index in [0.717, 1.165) is 42.6 Å². The lowest BCUT2D eigenvalue weighted by atomic mass is 9.78. The number of halogens is 1. The summed E-state index contributed by atoms with van der Waals surface area (Å²) in [6, 6.07) is 4.10. The zero-order chi connectivity index (χ0) is 24.6. The number of carbonyl (C=O) groups excluding carboxylic acids is 2. The molecule has 0 saturated carbocycles. The molecule has 7 heteroatoms. The van der Waals surface area contributed by atoms with Gasteiger partial charge in [-0.25, -0.2) is 0 Å². The monoisotopic (exact) mass is 494 g/mol. The van der Waals surface area contributed by atoms with E-state index in [1.165, 1.54) is 0 Å². The first kappa shape index (κ1) is 26.2. The van der Waals surface area contributed by atoms with Crippen LogP contribution in [0.4, 0.5) is 0 Å². The highest BCUT2D eigenvalue weighted by molar-refractivity contribution is 8.01. The first-order valence-corrected chi connectivity index (χ1v) is 13.5. The predicted octanol–water partition coefficient (Wildman–Crippen LogP) is 5.57. The highest BCUT2D eigenvalue weighted by Gasteiger charge is 2.43. The number of phenolic OH excluding ortho intramolecular Hbond substituents is 1. The number of amides is 2. The molecule has 0 aromatic heterocycles. The Labute approximate surface area is 208 Å². The van der Waals surface area contributed by atoms with Gasteiger partial charge in [-0.2, -0.15) is 0 Å². The second-order valence-corrected chi connectivity index (χ2v) is 13.0. The minimum absolute atomic E-state index is 0.0188. The maximum absolute atomic E-state index is 13.4. The van der Waals surface area contributed by atoms with Gasteiger partial charge in [0, 0.05) is 31.9 Å². The zero-order valence-corrected chi connectivity index (χ0v) is 22.5. The summed E-state index contributed by atoms with van der Waals surface area (Å²) in [4.78, 5) is 30.0. The lowest BCUT2D eigenvalue weighted by molar-refractivity contribution is -0.135. The molecule has 2 atom stereocenters. The molecule has 2 unspecified atom stereocenters. The summed E-state index contributed by atoms with van der Waals surface area (Å²) in [5, 5.41) is 10.5. The number of carbonyl (C=O) groups is 2. The number of thioether (sulfide) groups is 1. The summed E-state index contributed by atoms with van der Waals surface area (Å²) in [5.41, 5.74) is 2.27. The summed E-state index contributed by atoms with van der Waals surface area (Å²) in [6.45, 7) is 14.7. The van der Waals surface area contributed by atoms with Crippen LogP contribution in [0.25, 0.3) is 0 Å². The number of rotatable bonds is 6. The maximum Gasteiger partial charge on any atom is 0.237 e. The molecule has 2 heterocycles. The van der Waals surface area contributed by atoms with Crippen molar-refractivity contribution in [2.45, 2.75) is 88.7 Å². The molecule has 2 fully saturated rings. The number of hydrogen-bond acceptors (Lipinski definition) is 4. The molecule has 1 aromatic carbocycles. The number of phenols is 1. The molecule has 0 aliphatic carbocycles. The van der Waals surface area contributed by atoms with Crippen molar-refractivity contribution in [2.75, 3.05) is 25.5 Å². The number of aromatic hydroxyl groups is 1. The summed E-state index contributed by atoms with van der Waals surface area (Å²) >= 11 is 7.55. The van der Waals surface area contributed by atoms with Crippen LogP contribution < -0.4 is 0 Å². The van der Waals surface area contributed by atoms with E-state index >= 15 is 0 Å². The number of benzene rings is 1. The molecule has 2 aliphatic heterocycles. The molecule has 2 amide bonds. The third-order valence-electron chi connectivity index (χ3n) is 6.52. The Morgan fingerprint density at radius 2 is 1.64 bits per heavy atom. The average Bonchev–Trinajstić information content (AvgIpc) is 3.34. The fourth-order valence-electron chi connectivity index (χ4n) is 4.64. The second kappa shape index (κ2) is 10.1. The van der Waals surface area contributed by atoms with E-state index in [0.29, 0.717) is 24.6 Å². The molecule has 3 rings (SSSR count). The molecule has 33 heavy (non-hydrogen) atoms. The van der Waals surface area contributed by atoms with Gasteiger partial charge < -0.3 is 14.9 Å². The van der Waals surface area contributed by atoms with E-state index in [1.807, 2.05) is 21.9 Å². The summed E-state index contributed by atoms with van der Waals surface area (Å²) in [7, 11) is 0. The SMILES string of the molecule is CC(C)(C)c1cc(C2SC(CC(=O)N3CCCC3)C(=O)N2CCCCl)cc(C(C)(C)C)c1O. The quantitative estimate of drug-likeness (QED) is 0.525. The van der Waals surface area contributed by atoms with Crippen molar-refractivity contribution in [3.05, 3.63) is 28.8 Å². The highest BCUT2D eigenvalue weighted by atomic mass is 35.5. The van der Waals surface area contributed by atoms with E-state index in [2.05, 4.69) is 41.5 Å². The van der Waals surface area contributed by atoms with Crippen molar-refractivity contribution in [1.82, 2.24) is 9.80 Å². The molecule has 2 aliphatic rings. The van der Waals surface area contributed by atoms with Crippen LogP contribution in [0.3, 0.4) is 0 Å². The lowest BCUT2D eigenvalue weighted by Crippen LogP contribution is -2.36. The fraction of sp³-hybridized carbons (Fsp3) is 0.692. The van der Waals surface area contributed by atoms with Crippen LogP contribution in [0.5, 0.6) is 5.75 Å². The molecular weight excluding hydrogens is 456 g/mol. The second-order valence-electron chi connectivity index (χ2n) is 11.3. The number of hydrogen-bond donors (Lipinski definition) is 1. The minimum atomic E-state index is -0.386. The molecule has 1 N–H and O–H groups in total. The van der Waals surface area contributed by atoms with Gasteiger partial charge in [0.25, 0.3) is 0 Å². The molecule has 0 bridgehead atoms. The largest absolute Gasteiger partial charge is 0.507 e. The molecule has 184 valence electrons. The predicted molar refractivity (Wildman–Crippen MR) is 137 cm³/mol. The number of nitrogens with zero attached hydrogens (tertiary/aromatic N) is 2. The lowest BCUT2D eigenvalue weighted by Gasteiger charge is -2.31. The van der Waals surface area contributed by atoms with Crippen LogP contribution in [-0.4, -0.2) is 57.5 Å². The fourth-order valence-corrected chi connectivity index (χ4v) is 6.21. The van der Waals surface area contributed by atoms with Crippen LogP contribution in [0, 0.1) is 0 Å². The Balaban J connectivity index is 1.99. The van der Waals surface area contributed by atoms with E-state index in [-0.39, 0.29) is 39.7 Å². The van der Waals surface area contributed by atoms with Gasteiger partial charge in [0.2, 0.25) is 11.8 Å². The van der Waals surface area contributed by atoms with Crippen molar-refractivity contribution in [2.24, 2.45) is 0 Å². The third kappa shape index (κ3) is 5.82. The van der Waals surface area contributed by atoms with E-state index < -0.39 is 0 Å². The van der Waals surface area contributed by atoms with Gasteiger partial charge >= 0.3 is 0 Å². The van der Waals surface area contributed by atoms with Crippen molar-refractivity contribution < 1.29 is 14.7 Å². The Morgan fingerprint density at radius 1 is 1.09 bits per heavy atom. The van der Waals surface area contributed by atoms with Crippen LogP contribution >= 0.6 is 23.4 Å². The summed E-state index contributed by atoms with van der Waals surface area (Å²) in [5.74, 6) is 0.911. The summed E-state index contributed by atoms with van der Waals surface area (Å²) < 4.78 is 0. The molecule has 5 nitrogen and oxygen atoms in total. The normalized spacial score (nSPS) is 21.8. The van der Waals surface area contributed by atoms with E-state index in [9.17, 15) is 14.7 Å². The van der Waals surface area contributed by atoms with Gasteiger partial charge in [0.05, 0.1) is 5.25 Å². The van der Waals surface area contributed by atoms with Gasteiger partial charge in [-0.15, -0.1) is 23.4 Å². The van der Waals surface area contributed by atoms with E-state index in [1.54, 1.807) is 11.8 Å². The minimum Gasteiger partial charge on any atom is -0.507 e. The number of alkyl halides is 1. The van der Waals surface area contributed by atoms with Crippen LogP contribution in [0.1, 0.15) is 89.3 Å². The van der Waals surface area contributed by atoms with Crippen LogP contribution in [0.2, 0.25) is 0 Å². The molecule has 1 aromatic rings. The van der Waals surface area contributed by atoms with Gasteiger partial charge in [0.15, 0.2) is 0 Å². The number of likely N-dealkylation sites (tertiary alicyclic amines) is 1. The Bertz CT molecular complexity index is 849. The highest BCUT2D eigenvalue weighted by Crippen LogP contribution is 2.48. The smallest absolute Gasteiger partial charge is 0.237 e. The van der Waals surface area contributed by atoms with Gasteiger partial charge in [-0.3, -0.25) is 9.59 Å². The molecule has 2 saturated heterocycles. The van der Waals surface area contributed by atoms with Crippen molar-refractivity contribution in [1.29, 1.82) is 0 Å². The Hall–Kier alpha value is -1.40. The van der Waals surface area contributed by atoms with Gasteiger partial charge in [-0.05, 0) is 58.9 Å². The van der Waals surface area contributed by atoms with Crippen molar-refractivity contribution >= 4 is 35.2 Å². The third-order valence-corrected chi connectivity index (χ3v) is 8.27. The van der Waals surface area contributed by atoms with Crippen LogP contribution in [0.15, 0.2) is 12.1 Å². The first-order chi connectivity index (χ1) is 15.3.